The van der Waals surface area contributed by atoms with Gasteiger partial charge in [0.05, 0.1) is 19.5 Å². The van der Waals surface area contributed by atoms with Gasteiger partial charge in [-0.2, -0.15) is 4.31 Å². The molecule has 1 aliphatic heterocycles. The Morgan fingerprint density at radius 2 is 2.29 bits per heavy atom. The monoisotopic (exact) mass is 260 g/mol. The van der Waals surface area contributed by atoms with E-state index in [-0.39, 0.29) is 16.9 Å². The highest BCUT2D eigenvalue weighted by atomic mass is 32.2. The number of rotatable bonds is 2. The third-order valence-corrected chi connectivity index (χ3v) is 4.91. The van der Waals surface area contributed by atoms with Crippen LogP contribution in [0.1, 0.15) is 6.92 Å². The molecule has 0 bridgehead atoms. The minimum atomic E-state index is -3.60. The summed E-state index contributed by atoms with van der Waals surface area (Å²) >= 11 is 0. The van der Waals surface area contributed by atoms with Crippen molar-refractivity contribution >= 4 is 15.8 Å². The first kappa shape index (κ1) is 12.3. The SMILES string of the molecule is CC1COCCN1S(=O)(=O)c1c(N)ncn1C. The van der Waals surface area contributed by atoms with Crippen LogP contribution in [0, 0.1) is 0 Å². The lowest BCUT2D eigenvalue weighted by Gasteiger charge is -2.32. The Bertz CT molecular complexity index is 491. The summed E-state index contributed by atoms with van der Waals surface area (Å²) in [6.45, 7) is 2.95. The number of imidazole rings is 1. The highest BCUT2D eigenvalue weighted by molar-refractivity contribution is 7.89. The summed E-state index contributed by atoms with van der Waals surface area (Å²) in [5.41, 5.74) is 5.61. The van der Waals surface area contributed by atoms with Gasteiger partial charge in [0.2, 0.25) is 0 Å². The molecular formula is C9H16N4O3S. The van der Waals surface area contributed by atoms with Gasteiger partial charge in [-0.05, 0) is 6.92 Å². The standard InChI is InChI=1S/C9H16N4O3S/c1-7-5-16-4-3-13(7)17(14,15)9-8(10)11-6-12(9)2/h6-7H,3-5,10H2,1-2H3. The van der Waals surface area contributed by atoms with Gasteiger partial charge >= 0.3 is 0 Å². The van der Waals surface area contributed by atoms with Crippen molar-refractivity contribution in [2.45, 2.75) is 18.0 Å². The molecule has 0 radical (unpaired) electrons. The molecule has 7 nitrogen and oxygen atoms in total. The molecule has 0 spiro atoms. The maximum atomic E-state index is 12.4. The third-order valence-electron chi connectivity index (χ3n) is 2.77. The maximum Gasteiger partial charge on any atom is 0.262 e. The normalized spacial score (nSPS) is 22.8. The molecular weight excluding hydrogens is 244 g/mol. The van der Waals surface area contributed by atoms with E-state index < -0.39 is 10.0 Å². The van der Waals surface area contributed by atoms with Gasteiger partial charge in [0.1, 0.15) is 0 Å². The van der Waals surface area contributed by atoms with Gasteiger partial charge in [0.25, 0.3) is 10.0 Å². The highest BCUT2D eigenvalue weighted by Gasteiger charge is 2.35. The van der Waals surface area contributed by atoms with E-state index in [1.54, 1.807) is 7.05 Å². The lowest BCUT2D eigenvalue weighted by Crippen LogP contribution is -2.47. The fraction of sp³-hybridized carbons (Fsp3) is 0.667. The summed E-state index contributed by atoms with van der Waals surface area (Å²) in [5.74, 6) is 0.0335. The number of hydrogen-bond donors (Lipinski definition) is 1. The van der Waals surface area contributed by atoms with Crippen molar-refractivity contribution in [2.75, 3.05) is 25.5 Å². The van der Waals surface area contributed by atoms with Gasteiger partial charge in [-0.1, -0.05) is 0 Å². The highest BCUT2D eigenvalue weighted by Crippen LogP contribution is 2.23. The van der Waals surface area contributed by atoms with E-state index >= 15 is 0 Å². The van der Waals surface area contributed by atoms with Gasteiger partial charge in [0, 0.05) is 19.6 Å². The van der Waals surface area contributed by atoms with Crippen molar-refractivity contribution < 1.29 is 13.2 Å². The molecule has 96 valence electrons. The summed E-state index contributed by atoms with van der Waals surface area (Å²) in [7, 11) is -1.99. The largest absolute Gasteiger partial charge is 0.381 e. The number of hydrogen-bond acceptors (Lipinski definition) is 5. The van der Waals surface area contributed by atoms with E-state index in [2.05, 4.69) is 4.98 Å². The average Bonchev–Trinajstić information content (AvgIpc) is 2.59. The van der Waals surface area contributed by atoms with Crippen LogP contribution in [0.3, 0.4) is 0 Å². The molecule has 17 heavy (non-hydrogen) atoms. The predicted octanol–water partition coefficient (Wildman–Crippen LogP) is -0.588. The van der Waals surface area contributed by atoms with Gasteiger partial charge in [-0.25, -0.2) is 13.4 Å². The predicted molar refractivity (Wildman–Crippen MR) is 61.8 cm³/mol. The molecule has 1 unspecified atom stereocenters. The number of nitrogen functional groups attached to an aromatic ring is 1. The Balaban J connectivity index is 2.42. The minimum absolute atomic E-state index is 0.0335. The quantitative estimate of drug-likeness (QED) is 0.767. The average molecular weight is 260 g/mol. The van der Waals surface area contributed by atoms with Crippen LogP contribution >= 0.6 is 0 Å². The molecule has 2 N–H and O–H groups in total. The Morgan fingerprint density at radius 3 is 2.82 bits per heavy atom. The summed E-state index contributed by atoms with van der Waals surface area (Å²) in [5, 5.41) is 0.0475. The Kier molecular flexibility index (Phi) is 3.11. The van der Waals surface area contributed by atoms with Crippen LogP contribution in [-0.2, 0) is 21.8 Å². The fourth-order valence-corrected chi connectivity index (χ4v) is 3.73. The van der Waals surface area contributed by atoms with Crippen molar-refractivity contribution in [1.29, 1.82) is 0 Å². The van der Waals surface area contributed by atoms with Crippen LogP contribution in [0.5, 0.6) is 0 Å². The minimum Gasteiger partial charge on any atom is -0.381 e. The Labute approximate surface area is 100 Å². The van der Waals surface area contributed by atoms with Crippen LogP contribution in [0.2, 0.25) is 0 Å². The third kappa shape index (κ3) is 2.03. The zero-order chi connectivity index (χ0) is 12.6. The van der Waals surface area contributed by atoms with Gasteiger partial charge < -0.3 is 15.0 Å². The second-order valence-corrected chi connectivity index (χ2v) is 5.89. The number of sulfonamides is 1. The lowest BCUT2D eigenvalue weighted by molar-refractivity contribution is 0.0391. The molecule has 0 aliphatic carbocycles. The second kappa shape index (κ2) is 4.28. The molecule has 0 aromatic carbocycles. The van der Waals surface area contributed by atoms with E-state index in [9.17, 15) is 8.42 Å². The number of morpholine rings is 1. The summed E-state index contributed by atoms with van der Waals surface area (Å²) in [6.07, 6.45) is 1.40. The number of aryl methyl sites for hydroxylation is 1. The number of aromatic nitrogens is 2. The first-order valence-electron chi connectivity index (χ1n) is 5.31. The Hall–Kier alpha value is -1.12. The molecule has 1 atom stereocenters. The Morgan fingerprint density at radius 1 is 1.59 bits per heavy atom. The molecule has 2 heterocycles. The van der Waals surface area contributed by atoms with Crippen LogP contribution in [0.4, 0.5) is 5.82 Å². The van der Waals surface area contributed by atoms with Crippen molar-refractivity contribution in [3.63, 3.8) is 0 Å². The van der Waals surface area contributed by atoms with Crippen LogP contribution < -0.4 is 5.73 Å². The van der Waals surface area contributed by atoms with Crippen LogP contribution in [-0.4, -0.2) is 48.1 Å². The summed E-state index contributed by atoms with van der Waals surface area (Å²) < 4.78 is 32.9. The zero-order valence-electron chi connectivity index (χ0n) is 9.83. The first-order chi connectivity index (χ1) is 7.94. The molecule has 8 heteroatoms. The second-order valence-electron chi connectivity index (χ2n) is 4.09. The topological polar surface area (TPSA) is 90.4 Å². The molecule has 2 rings (SSSR count). The fourth-order valence-electron chi connectivity index (χ4n) is 1.93. The van der Waals surface area contributed by atoms with E-state index in [1.807, 2.05) is 6.92 Å². The van der Waals surface area contributed by atoms with Crippen molar-refractivity contribution in [3.8, 4) is 0 Å². The first-order valence-corrected chi connectivity index (χ1v) is 6.75. The molecule has 0 amide bonds. The smallest absolute Gasteiger partial charge is 0.262 e. The maximum absolute atomic E-state index is 12.4. The number of anilines is 1. The van der Waals surface area contributed by atoms with Crippen molar-refractivity contribution in [3.05, 3.63) is 6.33 Å². The number of ether oxygens (including phenoxy) is 1. The van der Waals surface area contributed by atoms with Crippen LogP contribution in [0.15, 0.2) is 11.4 Å². The number of nitrogens with two attached hydrogens (primary N) is 1. The van der Waals surface area contributed by atoms with Crippen LogP contribution in [0.25, 0.3) is 0 Å². The van der Waals surface area contributed by atoms with Gasteiger partial charge in [0.15, 0.2) is 10.8 Å². The summed E-state index contributed by atoms with van der Waals surface area (Å²) in [4.78, 5) is 3.81. The molecule has 1 aromatic heterocycles. The van der Waals surface area contributed by atoms with E-state index in [4.69, 9.17) is 10.5 Å². The molecule has 1 aromatic rings. The van der Waals surface area contributed by atoms with Gasteiger partial charge in [-0.15, -0.1) is 0 Å². The zero-order valence-corrected chi connectivity index (χ0v) is 10.6. The number of nitrogens with zero attached hydrogens (tertiary/aromatic N) is 3. The van der Waals surface area contributed by atoms with Crippen molar-refractivity contribution in [1.82, 2.24) is 13.9 Å². The lowest BCUT2D eigenvalue weighted by atomic mass is 10.3. The molecule has 0 saturated carbocycles. The molecule has 1 saturated heterocycles. The van der Waals surface area contributed by atoms with E-state index in [1.165, 1.54) is 15.2 Å². The van der Waals surface area contributed by atoms with Gasteiger partial charge in [-0.3, -0.25) is 0 Å². The molecule has 1 aliphatic rings. The van der Waals surface area contributed by atoms with E-state index in [0.717, 1.165) is 0 Å². The summed E-state index contributed by atoms with van der Waals surface area (Å²) in [6, 6.07) is -0.192. The van der Waals surface area contributed by atoms with Crippen molar-refractivity contribution in [2.24, 2.45) is 7.05 Å². The molecule has 1 fully saturated rings. The van der Waals surface area contributed by atoms with E-state index in [0.29, 0.717) is 19.8 Å².